The molecule has 0 spiro atoms. The lowest BCUT2D eigenvalue weighted by atomic mass is 9.90. The zero-order valence-corrected chi connectivity index (χ0v) is 13.4. The smallest absolute Gasteiger partial charge is 0.118 e. The Bertz CT molecular complexity index is 873. The maximum atomic E-state index is 9.84. The molecule has 0 unspecified atom stereocenters. The molecule has 0 atom stereocenters. The van der Waals surface area contributed by atoms with Crippen LogP contribution in [0.2, 0.25) is 0 Å². The molecule has 0 aliphatic heterocycles. The summed E-state index contributed by atoms with van der Waals surface area (Å²) in [5.41, 5.74) is 4.50. The van der Waals surface area contributed by atoms with Crippen LogP contribution in [0.25, 0.3) is 11.1 Å². The van der Waals surface area contributed by atoms with Gasteiger partial charge in [-0.2, -0.15) is 5.26 Å². The molecule has 2 heteroatoms. The van der Waals surface area contributed by atoms with Crippen LogP contribution < -0.4 is 4.74 Å². The third-order valence-electron chi connectivity index (χ3n) is 3.87. The van der Waals surface area contributed by atoms with Crippen molar-refractivity contribution < 1.29 is 4.74 Å². The van der Waals surface area contributed by atoms with E-state index in [2.05, 4.69) is 6.07 Å². The predicted molar refractivity (Wildman–Crippen MR) is 97.4 cm³/mol. The van der Waals surface area contributed by atoms with E-state index in [0.717, 1.165) is 28.0 Å². The lowest BCUT2D eigenvalue weighted by Gasteiger charge is -2.13. The predicted octanol–water partition coefficient (Wildman–Crippen LogP) is 5.18. The van der Waals surface area contributed by atoms with Crippen molar-refractivity contribution in [2.24, 2.45) is 0 Å². The zero-order chi connectivity index (χ0) is 16.8. The van der Waals surface area contributed by atoms with Gasteiger partial charge in [-0.05, 0) is 28.8 Å². The van der Waals surface area contributed by atoms with E-state index in [4.69, 9.17) is 4.74 Å². The first-order valence-electron chi connectivity index (χ1n) is 7.73. The van der Waals surface area contributed by atoms with Crippen LogP contribution in [0.4, 0.5) is 0 Å². The van der Waals surface area contributed by atoms with Crippen LogP contribution in [-0.2, 0) is 0 Å². The van der Waals surface area contributed by atoms with Crippen molar-refractivity contribution in [1.82, 2.24) is 0 Å². The van der Waals surface area contributed by atoms with Gasteiger partial charge in [-0.25, -0.2) is 0 Å². The summed E-state index contributed by atoms with van der Waals surface area (Å²) in [6.07, 6.45) is 0. The van der Waals surface area contributed by atoms with E-state index >= 15 is 0 Å². The van der Waals surface area contributed by atoms with Crippen molar-refractivity contribution in [3.8, 4) is 11.8 Å². The van der Waals surface area contributed by atoms with Crippen molar-refractivity contribution in [3.05, 3.63) is 102 Å². The molecule has 116 valence electrons. The van der Waals surface area contributed by atoms with Gasteiger partial charge in [0.2, 0.25) is 0 Å². The van der Waals surface area contributed by atoms with Crippen molar-refractivity contribution >= 4 is 11.1 Å². The lowest BCUT2D eigenvalue weighted by molar-refractivity contribution is 0.415. The number of allylic oxidation sites excluding steroid dienone is 1. The van der Waals surface area contributed by atoms with Crippen LogP contribution in [-0.4, -0.2) is 7.11 Å². The van der Waals surface area contributed by atoms with E-state index < -0.39 is 0 Å². The molecule has 0 fully saturated rings. The van der Waals surface area contributed by atoms with Gasteiger partial charge in [0.1, 0.15) is 11.8 Å². The summed E-state index contributed by atoms with van der Waals surface area (Å²) >= 11 is 0. The molecule has 3 aromatic carbocycles. The first-order valence-corrected chi connectivity index (χ1v) is 7.73. The Morgan fingerprint density at radius 1 is 0.708 bits per heavy atom. The molecule has 0 bridgehead atoms. The Balaban J connectivity index is 2.25. The van der Waals surface area contributed by atoms with Crippen molar-refractivity contribution in [2.45, 2.75) is 0 Å². The van der Waals surface area contributed by atoms with Gasteiger partial charge in [0.05, 0.1) is 12.7 Å². The number of methoxy groups -OCH3 is 1. The Kier molecular flexibility index (Phi) is 4.74. The fourth-order valence-electron chi connectivity index (χ4n) is 2.69. The summed E-state index contributed by atoms with van der Waals surface area (Å²) in [5.74, 6) is 0.796. The quantitative estimate of drug-likeness (QED) is 0.491. The first-order chi connectivity index (χ1) is 11.8. The minimum Gasteiger partial charge on any atom is -0.497 e. The van der Waals surface area contributed by atoms with Crippen LogP contribution in [0.1, 0.15) is 16.7 Å². The highest BCUT2D eigenvalue weighted by Gasteiger charge is 2.13. The highest BCUT2D eigenvalue weighted by atomic mass is 16.5. The molecule has 0 heterocycles. The second kappa shape index (κ2) is 7.30. The summed E-state index contributed by atoms with van der Waals surface area (Å²) in [4.78, 5) is 0. The molecule has 3 rings (SSSR count). The fraction of sp³-hybridized carbons (Fsp3) is 0.0455. The zero-order valence-electron chi connectivity index (χ0n) is 13.4. The molecular weight excluding hydrogens is 294 g/mol. The molecule has 3 aromatic rings. The molecule has 24 heavy (non-hydrogen) atoms. The van der Waals surface area contributed by atoms with Crippen LogP contribution in [0, 0.1) is 11.3 Å². The van der Waals surface area contributed by atoms with E-state index in [-0.39, 0.29) is 0 Å². The Labute approximate surface area is 142 Å². The number of benzene rings is 3. The minimum absolute atomic E-state index is 0.659. The van der Waals surface area contributed by atoms with Gasteiger partial charge >= 0.3 is 0 Å². The van der Waals surface area contributed by atoms with Gasteiger partial charge in [0.15, 0.2) is 0 Å². The average molecular weight is 311 g/mol. The SMILES string of the molecule is COc1ccc(/C(=C(\C#N)c2ccccc2)c2ccccc2)cc1. The van der Waals surface area contributed by atoms with Gasteiger partial charge in [-0.1, -0.05) is 72.8 Å². The van der Waals surface area contributed by atoms with E-state index in [1.807, 2.05) is 84.9 Å². The third kappa shape index (κ3) is 3.21. The standard InChI is InChI=1S/C22H17NO/c1-24-20-14-12-19(13-15-20)22(18-10-6-3-7-11-18)21(16-23)17-8-4-2-5-9-17/h2-15H,1H3/b22-21+. The van der Waals surface area contributed by atoms with Crippen LogP contribution in [0.5, 0.6) is 5.75 Å². The molecule has 0 aromatic heterocycles. The summed E-state index contributed by atoms with van der Waals surface area (Å²) in [7, 11) is 1.65. The minimum atomic E-state index is 0.659. The molecule has 0 saturated heterocycles. The van der Waals surface area contributed by atoms with Crippen LogP contribution in [0.15, 0.2) is 84.9 Å². The van der Waals surface area contributed by atoms with Crippen molar-refractivity contribution in [2.75, 3.05) is 7.11 Å². The number of rotatable bonds is 4. The van der Waals surface area contributed by atoms with Gasteiger partial charge in [-0.15, -0.1) is 0 Å². The molecular formula is C22H17NO. The third-order valence-corrected chi connectivity index (χ3v) is 3.87. The highest BCUT2D eigenvalue weighted by Crippen LogP contribution is 2.32. The van der Waals surface area contributed by atoms with E-state index in [0.29, 0.717) is 5.57 Å². The highest BCUT2D eigenvalue weighted by molar-refractivity contribution is 6.03. The monoisotopic (exact) mass is 311 g/mol. The summed E-state index contributed by atoms with van der Waals surface area (Å²) < 4.78 is 5.25. The molecule has 2 nitrogen and oxygen atoms in total. The van der Waals surface area contributed by atoms with Crippen LogP contribution >= 0.6 is 0 Å². The second-order valence-corrected chi connectivity index (χ2v) is 5.32. The fourth-order valence-corrected chi connectivity index (χ4v) is 2.69. The Morgan fingerprint density at radius 2 is 1.21 bits per heavy atom. The number of hydrogen-bond donors (Lipinski definition) is 0. The lowest BCUT2D eigenvalue weighted by Crippen LogP contribution is -1.94. The van der Waals surface area contributed by atoms with Gasteiger partial charge in [0, 0.05) is 5.57 Å². The maximum absolute atomic E-state index is 9.84. The summed E-state index contributed by atoms with van der Waals surface area (Å²) in [5, 5.41) is 9.84. The van der Waals surface area contributed by atoms with Gasteiger partial charge in [-0.3, -0.25) is 0 Å². The second-order valence-electron chi connectivity index (χ2n) is 5.32. The van der Waals surface area contributed by atoms with Gasteiger partial charge < -0.3 is 4.74 Å². The summed E-state index contributed by atoms with van der Waals surface area (Å²) in [6, 6.07) is 30.0. The average Bonchev–Trinajstić information content (AvgIpc) is 2.67. The largest absolute Gasteiger partial charge is 0.497 e. The van der Waals surface area contributed by atoms with E-state index in [9.17, 15) is 5.26 Å². The van der Waals surface area contributed by atoms with Crippen LogP contribution in [0.3, 0.4) is 0 Å². The molecule has 0 radical (unpaired) electrons. The number of nitrogens with zero attached hydrogens (tertiary/aromatic N) is 1. The molecule has 0 amide bonds. The summed E-state index contributed by atoms with van der Waals surface area (Å²) in [6.45, 7) is 0. The number of hydrogen-bond acceptors (Lipinski definition) is 2. The van der Waals surface area contributed by atoms with E-state index in [1.165, 1.54) is 0 Å². The van der Waals surface area contributed by atoms with Gasteiger partial charge in [0.25, 0.3) is 0 Å². The van der Waals surface area contributed by atoms with Crippen molar-refractivity contribution in [3.63, 3.8) is 0 Å². The molecule has 0 aliphatic carbocycles. The molecule has 0 N–H and O–H groups in total. The Morgan fingerprint density at radius 3 is 1.71 bits per heavy atom. The molecule has 0 saturated carbocycles. The molecule has 0 aliphatic rings. The number of nitriles is 1. The van der Waals surface area contributed by atoms with Crippen molar-refractivity contribution in [1.29, 1.82) is 5.26 Å². The first kappa shape index (κ1) is 15.6. The number of ether oxygens (including phenoxy) is 1. The topological polar surface area (TPSA) is 33.0 Å². The Hall–Kier alpha value is -3.31. The van der Waals surface area contributed by atoms with E-state index in [1.54, 1.807) is 7.11 Å². The maximum Gasteiger partial charge on any atom is 0.118 e. The normalized spacial score (nSPS) is 11.3.